The molecule has 0 bridgehead atoms. The lowest BCUT2D eigenvalue weighted by Gasteiger charge is -2.18. The lowest BCUT2D eigenvalue weighted by Crippen LogP contribution is -2.22. The second-order valence-electron chi connectivity index (χ2n) is 7.54. The number of methoxy groups -OCH3 is 1. The van der Waals surface area contributed by atoms with Gasteiger partial charge in [-0.3, -0.25) is 10.4 Å². The third-order valence-corrected chi connectivity index (χ3v) is 5.20. The van der Waals surface area contributed by atoms with Gasteiger partial charge in [-0.2, -0.15) is 5.10 Å². The monoisotopic (exact) mass is 428 g/mol. The van der Waals surface area contributed by atoms with Gasteiger partial charge in [0.1, 0.15) is 6.23 Å². The van der Waals surface area contributed by atoms with Crippen molar-refractivity contribution in [2.24, 2.45) is 5.92 Å². The number of aliphatic hydroxyl groups excluding tert-OH is 2. The lowest BCUT2D eigenvalue weighted by molar-refractivity contribution is 0.130. The van der Waals surface area contributed by atoms with Crippen LogP contribution in [0.3, 0.4) is 0 Å². The summed E-state index contributed by atoms with van der Waals surface area (Å²) in [6.45, 7) is 0.587. The second-order valence-corrected chi connectivity index (χ2v) is 7.54. The minimum Gasteiger partial charge on any atom is -0.494 e. The molecular weight excluding hydrogens is 403 g/mol. The number of nitrogens with one attached hydrogen (secondary N) is 2. The number of hydrogen-bond donors (Lipinski definition) is 4. The van der Waals surface area contributed by atoms with E-state index in [0.29, 0.717) is 46.4 Å². The van der Waals surface area contributed by atoms with E-state index >= 15 is 0 Å². The molecule has 0 radical (unpaired) electrons. The third-order valence-electron chi connectivity index (χ3n) is 5.20. The van der Waals surface area contributed by atoms with Crippen molar-refractivity contribution in [3.8, 4) is 22.9 Å². The molecule has 1 aliphatic carbocycles. The van der Waals surface area contributed by atoms with Gasteiger partial charge in [0.2, 0.25) is 5.88 Å². The van der Waals surface area contributed by atoms with Gasteiger partial charge in [-0.15, -0.1) is 0 Å². The molecule has 8 nitrogen and oxygen atoms in total. The Kier molecular flexibility index (Phi) is 6.45. The molecule has 1 aliphatic rings. The molecule has 1 unspecified atom stereocenters. The van der Waals surface area contributed by atoms with Gasteiger partial charge in [-0.25, -0.2) is 9.37 Å². The van der Waals surface area contributed by atoms with Gasteiger partial charge in [0.25, 0.3) is 0 Å². The molecule has 9 heteroatoms. The molecule has 4 rings (SSSR count). The SMILES string of the molecule is COc1ccc(CNC(O)c2cc(-c3n[nH]cc3CO)cnc2OCC2CC2)cc1F. The topological polar surface area (TPSA) is 113 Å². The van der Waals surface area contributed by atoms with Gasteiger partial charge in [-0.05, 0) is 42.5 Å². The summed E-state index contributed by atoms with van der Waals surface area (Å²) in [5, 5.41) is 30.2. The quantitative estimate of drug-likeness (QED) is 0.367. The van der Waals surface area contributed by atoms with E-state index in [1.54, 1.807) is 30.6 Å². The Morgan fingerprint density at radius 1 is 1.32 bits per heavy atom. The first-order chi connectivity index (χ1) is 15.1. The fourth-order valence-electron chi connectivity index (χ4n) is 3.23. The molecule has 2 heterocycles. The van der Waals surface area contributed by atoms with Crippen LogP contribution in [0.25, 0.3) is 11.3 Å². The summed E-state index contributed by atoms with van der Waals surface area (Å²) >= 11 is 0. The van der Waals surface area contributed by atoms with Crippen LogP contribution in [-0.4, -0.2) is 39.1 Å². The van der Waals surface area contributed by atoms with Crippen LogP contribution in [0.15, 0.2) is 36.7 Å². The number of aromatic nitrogens is 3. The van der Waals surface area contributed by atoms with Crippen LogP contribution in [-0.2, 0) is 13.2 Å². The van der Waals surface area contributed by atoms with Gasteiger partial charge >= 0.3 is 0 Å². The first-order valence-electron chi connectivity index (χ1n) is 10.1. The molecule has 2 aromatic heterocycles. The van der Waals surface area contributed by atoms with Crippen LogP contribution in [0.4, 0.5) is 4.39 Å². The molecule has 164 valence electrons. The number of aromatic amines is 1. The Labute approximate surface area is 179 Å². The molecule has 0 aliphatic heterocycles. The smallest absolute Gasteiger partial charge is 0.220 e. The molecule has 4 N–H and O–H groups in total. The Bertz CT molecular complexity index is 1040. The second kappa shape index (κ2) is 9.42. The number of benzene rings is 1. The minimum atomic E-state index is -1.11. The van der Waals surface area contributed by atoms with Crippen LogP contribution in [0, 0.1) is 11.7 Å². The van der Waals surface area contributed by atoms with Crippen LogP contribution in [0.1, 0.15) is 35.8 Å². The van der Waals surface area contributed by atoms with Gasteiger partial charge in [-0.1, -0.05) is 6.07 Å². The number of hydrogen-bond acceptors (Lipinski definition) is 7. The van der Waals surface area contributed by atoms with Gasteiger partial charge in [0.05, 0.1) is 31.6 Å². The zero-order valence-electron chi connectivity index (χ0n) is 17.1. The maximum absolute atomic E-state index is 13.9. The summed E-state index contributed by atoms with van der Waals surface area (Å²) in [4.78, 5) is 4.39. The molecule has 1 fully saturated rings. The molecular formula is C22H25FN4O4. The molecule has 0 saturated heterocycles. The Morgan fingerprint density at radius 2 is 2.16 bits per heavy atom. The Balaban J connectivity index is 1.55. The fraction of sp³-hybridized carbons (Fsp3) is 0.364. The van der Waals surface area contributed by atoms with Gasteiger partial charge < -0.3 is 19.7 Å². The van der Waals surface area contributed by atoms with Crippen molar-refractivity contribution in [2.75, 3.05) is 13.7 Å². The van der Waals surface area contributed by atoms with Crippen molar-refractivity contribution in [1.82, 2.24) is 20.5 Å². The summed E-state index contributed by atoms with van der Waals surface area (Å²) < 4.78 is 24.7. The maximum atomic E-state index is 13.9. The maximum Gasteiger partial charge on any atom is 0.220 e. The summed E-state index contributed by atoms with van der Waals surface area (Å²) in [5.41, 5.74) is 2.90. The summed E-state index contributed by atoms with van der Waals surface area (Å²) in [6.07, 6.45) is 4.37. The van der Waals surface area contributed by atoms with Crippen LogP contribution in [0.5, 0.6) is 11.6 Å². The van der Waals surface area contributed by atoms with Crippen molar-refractivity contribution < 1.29 is 24.1 Å². The highest BCUT2D eigenvalue weighted by atomic mass is 19.1. The molecule has 1 aromatic carbocycles. The molecule has 0 amide bonds. The van der Waals surface area contributed by atoms with Crippen molar-refractivity contribution in [3.05, 3.63) is 59.2 Å². The normalized spacial score (nSPS) is 14.5. The van der Waals surface area contributed by atoms with E-state index in [2.05, 4.69) is 20.5 Å². The number of rotatable bonds is 10. The van der Waals surface area contributed by atoms with E-state index in [1.165, 1.54) is 13.2 Å². The first kappa shape index (κ1) is 21.2. The summed E-state index contributed by atoms with van der Waals surface area (Å²) in [6, 6.07) is 6.35. The van der Waals surface area contributed by atoms with E-state index in [4.69, 9.17) is 9.47 Å². The summed E-state index contributed by atoms with van der Waals surface area (Å²) in [5.74, 6) is 0.547. The minimum absolute atomic E-state index is 0.163. The predicted octanol–water partition coefficient (Wildman–Crippen LogP) is 2.68. The fourth-order valence-corrected chi connectivity index (χ4v) is 3.23. The highest BCUT2D eigenvalue weighted by Crippen LogP contribution is 2.32. The average molecular weight is 428 g/mol. The highest BCUT2D eigenvalue weighted by Gasteiger charge is 2.24. The summed E-state index contributed by atoms with van der Waals surface area (Å²) in [7, 11) is 1.41. The van der Waals surface area contributed by atoms with Crippen molar-refractivity contribution in [3.63, 3.8) is 0 Å². The molecule has 3 aromatic rings. The predicted molar refractivity (Wildman–Crippen MR) is 111 cm³/mol. The molecule has 1 saturated carbocycles. The van der Waals surface area contributed by atoms with E-state index in [1.807, 2.05) is 0 Å². The van der Waals surface area contributed by atoms with Gasteiger partial charge in [0, 0.05) is 30.1 Å². The van der Waals surface area contributed by atoms with E-state index in [0.717, 1.165) is 12.8 Å². The van der Waals surface area contributed by atoms with Crippen LogP contribution < -0.4 is 14.8 Å². The largest absolute Gasteiger partial charge is 0.494 e. The number of ether oxygens (including phenoxy) is 2. The van der Waals surface area contributed by atoms with Crippen LogP contribution in [0.2, 0.25) is 0 Å². The molecule has 31 heavy (non-hydrogen) atoms. The zero-order chi connectivity index (χ0) is 21.8. The van der Waals surface area contributed by atoms with E-state index < -0.39 is 12.0 Å². The van der Waals surface area contributed by atoms with Gasteiger partial charge in [0.15, 0.2) is 11.6 Å². The third kappa shape index (κ3) is 5.01. The standard InChI is InChI=1S/C22H25FN4O4/c1-30-19-5-4-14(6-18(19)23)8-24-21(29)17-7-15(20-16(11-28)10-26-27-20)9-25-22(17)31-12-13-2-3-13/h4-7,9-10,13,21,24,28-29H,2-3,8,11-12H2,1H3,(H,26,27). The van der Waals surface area contributed by atoms with Crippen molar-refractivity contribution >= 4 is 0 Å². The molecule has 1 atom stereocenters. The number of H-pyrrole nitrogens is 1. The van der Waals surface area contributed by atoms with E-state index in [9.17, 15) is 14.6 Å². The zero-order valence-corrected chi connectivity index (χ0v) is 17.1. The van der Waals surface area contributed by atoms with Crippen molar-refractivity contribution in [1.29, 1.82) is 0 Å². The number of aliphatic hydroxyl groups is 2. The Hall–Kier alpha value is -3.01. The average Bonchev–Trinajstić information content (AvgIpc) is 3.50. The highest BCUT2D eigenvalue weighted by molar-refractivity contribution is 5.63. The van der Waals surface area contributed by atoms with E-state index in [-0.39, 0.29) is 18.9 Å². The lowest BCUT2D eigenvalue weighted by atomic mass is 10.1. The molecule has 0 spiro atoms. The number of halogens is 1. The number of nitrogens with zero attached hydrogens (tertiary/aromatic N) is 2. The Morgan fingerprint density at radius 3 is 2.87 bits per heavy atom. The van der Waals surface area contributed by atoms with Crippen molar-refractivity contribution in [2.45, 2.75) is 32.2 Å². The first-order valence-corrected chi connectivity index (χ1v) is 10.1. The van der Waals surface area contributed by atoms with Crippen LogP contribution >= 0.6 is 0 Å². The number of pyridine rings is 1.